The Balaban J connectivity index is 1.48. The van der Waals surface area contributed by atoms with E-state index in [2.05, 4.69) is 20.6 Å². The maximum atomic E-state index is 13.1. The highest BCUT2D eigenvalue weighted by Gasteiger charge is 2.50. The topological polar surface area (TPSA) is 114 Å². The first kappa shape index (κ1) is 19.7. The van der Waals surface area contributed by atoms with E-state index >= 15 is 0 Å². The molecule has 1 atom stereocenters. The fraction of sp³-hybridized carbons (Fsp3) is 0.174. The van der Waals surface area contributed by atoms with Crippen molar-refractivity contribution in [2.75, 3.05) is 13.7 Å². The van der Waals surface area contributed by atoms with Crippen molar-refractivity contribution in [3.8, 4) is 16.9 Å². The van der Waals surface area contributed by atoms with Crippen LogP contribution in [0.2, 0.25) is 0 Å². The van der Waals surface area contributed by atoms with Crippen molar-refractivity contribution in [2.24, 2.45) is 0 Å². The van der Waals surface area contributed by atoms with Crippen molar-refractivity contribution >= 4 is 17.8 Å². The van der Waals surface area contributed by atoms with Crippen molar-refractivity contribution < 1.29 is 19.1 Å². The second-order valence-electron chi connectivity index (χ2n) is 7.70. The lowest BCUT2D eigenvalue weighted by molar-refractivity contribution is -0.124. The lowest BCUT2D eigenvalue weighted by Gasteiger charge is -2.31. The summed E-state index contributed by atoms with van der Waals surface area (Å²) in [6.45, 7) is 0.330. The SMILES string of the molecule is COc1ccc2c(c1)C(=O)N(C[C@@]1(c3ccc(-c4cncnc4)cc3)NC(=O)NC1=O)C2. The molecule has 9 nitrogen and oxygen atoms in total. The van der Waals surface area contributed by atoms with Crippen LogP contribution >= 0.6 is 0 Å². The summed E-state index contributed by atoms with van der Waals surface area (Å²) in [6, 6.07) is 11.9. The molecule has 0 unspecified atom stereocenters. The van der Waals surface area contributed by atoms with Crippen LogP contribution in [0.15, 0.2) is 61.2 Å². The molecule has 2 aliphatic heterocycles. The molecule has 2 aliphatic rings. The maximum Gasteiger partial charge on any atom is 0.322 e. The smallest absolute Gasteiger partial charge is 0.322 e. The first-order chi connectivity index (χ1) is 15.5. The van der Waals surface area contributed by atoms with Gasteiger partial charge in [0, 0.05) is 30.1 Å². The molecule has 2 N–H and O–H groups in total. The predicted octanol–water partition coefficient (Wildman–Crippen LogP) is 1.84. The third kappa shape index (κ3) is 3.15. The average molecular weight is 429 g/mol. The average Bonchev–Trinajstić information content (AvgIpc) is 3.29. The summed E-state index contributed by atoms with van der Waals surface area (Å²) in [7, 11) is 1.54. The Kier molecular flexibility index (Phi) is 4.58. The van der Waals surface area contributed by atoms with Crippen molar-refractivity contribution in [3.63, 3.8) is 0 Å². The standard InChI is InChI=1S/C23H19N5O4/c1-32-18-7-4-15-11-28(20(29)19(15)8-18)12-23(21(30)26-22(31)27-23)17-5-2-14(3-6-17)16-9-24-13-25-10-16/h2-10,13H,11-12H2,1H3,(H2,26,27,30,31)/t23-/m0/s1. The zero-order valence-electron chi connectivity index (χ0n) is 17.2. The highest BCUT2D eigenvalue weighted by Crippen LogP contribution is 2.33. The molecule has 3 aromatic rings. The number of nitrogens with one attached hydrogen (secondary N) is 2. The van der Waals surface area contributed by atoms with Gasteiger partial charge in [-0.1, -0.05) is 30.3 Å². The normalized spacial score (nSPS) is 19.5. The summed E-state index contributed by atoms with van der Waals surface area (Å²) in [5, 5.41) is 5.06. The van der Waals surface area contributed by atoms with E-state index in [4.69, 9.17) is 4.74 Å². The molecular weight excluding hydrogens is 410 g/mol. The number of benzene rings is 2. The Hall–Kier alpha value is -4.27. The van der Waals surface area contributed by atoms with Gasteiger partial charge in [-0.15, -0.1) is 0 Å². The first-order valence-corrected chi connectivity index (χ1v) is 9.96. The number of hydrogen-bond donors (Lipinski definition) is 2. The molecule has 32 heavy (non-hydrogen) atoms. The molecule has 0 bridgehead atoms. The molecule has 1 saturated heterocycles. The Morgan fingerprint density at radius 1 is 1.03 bits per heavy atom. The number of aromatic nitrogens is 2. The minimum absolute atomic E-state index is 0.00576. The fourth-order valence-electron chi connectivity index (χ4n) is 4.17. The van der Waals surface area contributed by atoms with Gasteiger partial charge >= 0.3 is 6.03 Å². The number of rotatable bonds is 5. The lowest BCUT2D eigenvalue weighted by Crippen LogP contribution is -2.52. The summed E-state index contributed by atoms with van der Waals surface area (Å²) in [6.07, 6.45) is 4.83. The van der Waals surface area contributed by atoms with Crippen LogP contribution in [0.1, 0.15) is 21.5 Å². The molecule has 1 fully saturated rings. The summed E-state index contributed by atoms with van der Waals surface area (Å²) in [5.74, 6) is -0.133. The van der Waals surface area contributed by atoms with Gasteiger partial charge in [-0.05, 0) is 28.8 Å². The van der Waals surface area contributed by atoms with E-state index in [1.165, 1.54) is 13.4 Å². The Labute approximate surface area is 183 Å². The predicted molar refractivity (Wildman–Crippen MR) is 114 cm³/mol. The van der Waals surface area contributed by atoms with E-state index in [1.807, 2.05) is 18.2 Å². The van der Waals surface area contributed by atoms with E-state index in [1.54, 1.807) is 41.6 Å². The van der Waals surface area contributed by atoms with E-state index < -0.39 is 17.5 Å². The van der Waals surface area contributed by atoms with E-state index in [9.17, 15) is 14.4 Å². The summed E-state index contributed by atoms with van der Waals surface area (Å²) < 4.78 is 5.22. The zero-order chi connectivity index (χ0) is 22.3. The third-order valence-corrected chi connectivity index (χ3v) is 5.84. The molecule has 1 aromatic heterocycles. The van der Waals surface area contributed by atoms with Crippen molar-refractivity contribution in [3.05, 3.63) is 77.9 Å². The molecule has 0 radical (unpaired) electrons. The molecular formula is C23H19N5O4. The molecule has 4 amide bonds. The number of nitrogens with zero attached hydrogens (tertiary/aromatic N) is 3. The minimum Gasteiger partial charge on any atom is -0.497 e. The van der Waals surface area contributed by atoms with Gasteiger partial charge in [0.2, 0.25) is 0 Å². The summed E-state index contributed by atoms with van der Waals surface area (Å²) in [5.41, 5.74) is 2.24. The Morgan fingerprint density at radius 2 is 1.78 bits per heavy atom. The third-order valence-electron chi connectivity index (χ3n) is 5.84. The number of urea groups is 1. The van der Waals surface area contributed by atoms with Crippen molar-refractivity contribution in [2.45, 2.75) is 12.1 Å². The lowest BCUT2D eigenvalue weighted by atomic mass is 9.88. The number of methoxy groups -OCH3 is 1. The van der Waals surface area contributed by atoms with Crippen LogP contribution in [0.25, 0.3) is 11.1 Å². The van der Waals surface area contributed by atoms with Crippen LogP contribution in [0.4, 0.5) is 4.79 Å². The van der Waals surface area contributed by atoms with Gasteiger partial charge in [-0.2, -0.15) is 0 Å². The van der Waals surface area contributed by atoms with Crippen LogP contribution in [-0.4, -0.2) is 46.4 Å². The van der Waals surface area contributed by atoms with Gasteiger partial charge in [0.15, 0.2) is 5.54 Å². The highest BCUT2D eigenvalue weighted by molar-refractivity contribution is 6.08. The number of carbonyl (C=O) groups excluding carboxylic acids is 3. The number of carbonyl (C=O) groups is 3. The van der Waals surface area contributed by atoms with Gasteiger partial charge in [-0.3, -0.25) is 14.9 Å². The van der Waals surface area contributed by atoms with E-state index in [0.29, 0.717) is 23.4 Å². The maximum absolute atomic E-state index is 13.1. The Morgan fingerprint density at radius 3 is 2.44 bits per heavy atom. The quantitative estimate of drug-likeness (QED) is 0.599. The van der Waals surface area contributed by atoms with Gasteiger partial charge in [0.05, 0.1) is 13.7 Å². The van der Waals surface area contributed by atoms with Crippen LogP contribution in [0.5, 0.6) is 5.75 Å². The second-order valence-corrected chi connectivity index (χ2v) is 7.70. The molecule has 3 heterocycles. The first-order valence-electron chi connectivity index (χ1n) is 9.96. The number of ether oxygens (including phenoxy) is 1. The number of imide groups is 1. The molecule has 0 saturated carbocycles. The monoisotopic (exact) mass is 429 g/mol. The van der Waals surface area contributed by atoms with E-state index in [0.717, 1.165) is 16.7 Å². The van der Waals surface area contributed by atoms with Crippen molar-refractivity contribution in [1.29, 1.82) is 0 Å². The molecule has 2 aromatic carbocycles. The molecule has 160 valence electrons. The largest absolute Gasteiger partial charge is 0.497 e. The van der Waals surface area contributed by atoms with Crippen LogP contribution in [-0.2, 0) is 16.9 Å². The second kappa shape index (κ2) is 7.45. The number of amides is 4. The molecule has 0 aliphatic carbocycles. The minimum atomic E-state index is -1.40. The summed E-state index contributed by atoms with van der Waals surface area (Å²) in [4.78, 5) is 47.7. The molecule has 9 heteroatoms. The van der Waals surface area contributed by atoms with Gasteiger partial charge in [-0.25, -0.2) is 14.8 Å². The van der Waals surface area contributed by atoms with Crippen LogP contribution in [0, 0.1) is 0 Å². The summed E-state index contributed by atoms with van der Waals surface area (Å²) >= 11 is 0. The highest BCUT2D eigenvalue weighted by atomic mass is 16.5. The molecule has 0 spiro atoms. The van der Waals surface area contributed by atoms with Crippen molar-refractivity contribution in [1.82, 2.24) is 25.5 Å². The van der Waals surface area contributed by atoms with Gasteiger partial charge in [0.25, 0.3) is 11.8 Å². The number of hydrogen-bond acceptors (Lipinski definition) is 6. The zero-order valence-corrected chi connectivity index (χ0v) is 17.2. The number of fused-ring (bicyclic) bond motifs is 1. The Bertz CT molecular complexity index is 1230. The van der Waals surface area contributed by atoms with Crippen LogP contribution in [0.3, 0.4) is 0 Å². The fourth-order valence-corrected chi connectivity index (χ4v) is 4.17. The van der Waals surface area contributed by atoms with Crippen LogP contribution < -0.4 is 15.4 Å². The van der Waals surface area contributed by atoms with Gasteiger partial charge < -0.3 is 15.0 Å². The van der Waals surface area contributed by atoms with E-state index in [-0.39, 0.29) is 12.5 Å². The van der Waals surface area contributed by atoms with Gasteiger partial charge in [0.1, 0.15) is 12.1 Å². The molecule has 5 rings (SSSR count).